The van der Waals surface area contributed by atoms with Gasteiger partial charge in [0.2, 0.25) is 0 Å². The van der Waals surface area contributed by atoms with Gasteiger partial charge in [0.05, 0.1) is 0 Å². The van der Waals surface area contributed by atoms with E-state index in [0.717, 1.165) is 27.9 Å². The minimum absolute atomic E-state index is 0.351. The molecule has 0 spiro atoms. The minimum atomic E-state index is -4.24. The number of halogens is 4. The third-order valence-corrected chi connectivity index (χ3v) is 2.86. The number of hydrogen-bond donors (Lipinski definition) is 1. The number of rotatable bonds is 6. The van der Waals surface area contributed by atoms with Crippen molar-refractivity contribution in [2.24, 2.45) is 0 Å². The lowest BCUT2D eigenvalue weighted by atomic mass is 10.2. The third-order valence-electron chi connectivity index (χ3n) is 2.43. The highest BCUT2D eigenvalue weighted by Gasteiger charge is 2.30. The second-order valence-corrected chi connectivity index (χ2v) is 5.20. The molecule has 0 atom stereocenters. The second-order valence-electron chi connectivity index (χ2n) is 4.28. The molecule has 0 aliphatic heterocycles. The fraction of sp³-hybridized carbons (Fsp3) is 0.583. The first-order chi connectivity index (χ1) is 8.83. The number of anilines is 1. The van der Waals surface area contributed by atoms with E-state index in [-0.39, 0.29) is 0 Å². The topological polar surface area (TPSA) is 28.2 Å². The maximum absolute atomic E-state index is 12.4. The number of nitrogens with one attached hydrogen (secondary N) is 1. The lowest BCUT2D eigenvalue weighted by Crippen LogP contribution is -2.32. The highest BCUT2D eigenvalue weighted by Crippen LogP contribution is 2.24. The van der Waals surface area contributed by atoms with Crippen LogP contribution in [0, 0.1) is 0 Å². The molecule has 0 radical (unpaired) electrons. The van der Waals surface area contributed by atoms with Gasteiger partial charge in [-0.1, -0.05) is 6.92 Å². The summed E-state index contributed by atoms with van der Waals surface area (Å²) in [6, 6.07) is 1.79. The number of pyridine rings is 1. The molecule has 7 heteroatoms. The maximum atomic E-state index is 12.4. The maximum Gasteiger partial charge on any atom is 0.405 e. The fourth-order valence-electron chi connectivity index (χ4n) is 1.69. The molecule has 0 bridgehead atoms. The van der Waals surface area contributed by atoms with Crippen molar-refractivity contribution in [2.75, 3.05) is 25.0 Å². The Balaban J connectivity index is 2.86. The third kappa shape index (κ3) is 5.78. The lowest BCUT2D eigenvalue weighted by Gasteiger charge is -2.22. The van der Waals surface area contributed by atoms with Crippen LogP contribution in [0.25, 0.3) is 0 Å². The predicted molar refractivity (Wildman–Crippen MR) is 73.3 cm³/mol. The van der Waals surface area contributed by atoms with E-state index < -0.39 is 12.7 Å². The number of alkyl halides is 3. The normalized spacial score (nSPS) is 11.7. The van der Waals surface area contributed by atoms with Crippen LogP contribution in [0.2, 0.25) is 0 Å². The standard InChI is InChI=1S/C12H17BrF3N3/c1-3-4-17-6-9-5-10(13)7-18-11(9)19(2)8-12(14,15)16/h5,7,17H,3-4,6,8H2,1-2H3. The van der Waals surface area contributed by atoms with Crippen LogP contribution < -0.4 is 10.2 Å². The molecule has 0 aliphatic rings. The molecule has 1 aromatic heterocycles. The summed E-state index contributed by atoms with van der Waals surface area (Å²) in [7, 11) is 1.40. The first kappa shape index (κ1) is 16.2. The van der Waals surface area contributed by atoms with Crippen LogP contribution in [0.5, 0.6) is 0 Å². The molecule has 0 aromatic carbocycles. The molecule has 1 aromatic rings. The monoisotopic (exact) mass is 339 g/mol. The first-order valence-corrected chi connectivity index (χ1v) is 6.76. The minimum Gasteiger partial charge on any atom is -0.350 e. The number of aromatic nitrogens is 1. The van der Waals surface area contributed by atoms with Crippen molar-refractivity contribution in [3.05, 3.63) is 22.3 Å². The number of hydrogen-bond acceptors (Lipinski definition) is 3. The molecule has 0 fully saturated rings. The average Bonchev–Trinajstić information content (AvgIpc) is 2.27. The number of nitrogens with zero attached hydrogens (tertiary/aromatic N) is 2. The lowest BCUT2D eigenvalue weighted by molar-refractivity contribution is -0.119. The van der Waals surface area contributed by atoms with Crippen LogP contribution in [-0.2, 0) is 6.54 Å². The van der Waals surface area contributed by atoms with Gasteiger partial charge in [0.1, 0.15) is 12.4 Å². The van der Waals surface area contributed by atoms with E-state index in [0.29, 0.717) is 12.4 Å². The summed E-state index contributed by atoms with van der Waals surface area (Å²) < 4.78 is 38.0. The summed E-state index contributed by atoms with van der Waals surface area (Å²) in [5.74, 6) is 0.351. The van der Waals surface area contributed by atoms with Gasteiger partial charge >= 0.3 is 6.18 Å². The van der Waals surface area contributed by atoms with Crippen molar-refractivity contribution in [3.63, 3.8) is 0 Å². The molecule has 0 amide bonds. The van der Waals surface area contributed by atoms with E-state index in [1.54, 1.807) is 6.07 Å². The summed E-state index contributed by atoms with van der Waals surface area (Å²) in [4.78, 5) is 5.20. The quantitative estimate of drug-likeness (QED) is 0.805. The van der Waals surface area contributed by atoms with Gasteiger partial charge < -0.3 is 10.2 Å². The van der Waals surface area contributed by atoms with Gasteiger partial charge in [-0.3, -0.25) is 0 Å². The summed E-state index contributed by atoms with van der Waals surface area (Å²) in [5, 5.41) is 3.17. The van der Waals surface area contributed by atoms with E-state index >= 15 is 0 Å². The van der Waals surface area contributed by atoms with Crippen molar-refractivity contribution < 1.29 is 13.2 Å². The van der Waals surface area contributed by atoms with Crippen LogP contribution >= 0.6 is 15.9 Å². The summed E-state index contributed by atoms with van der Waals surface area (Å²) >= 11 is 3.28. The van der Waals surface area contributed by atoms with Gasteiger partial charge in [-0.05, 0) is 35.0 Å². The Morgan fingerprint density at radius 3 is 2.68 bits per heavy atom. The second kappa shape index (κ2) is 7.09. The molecule has 0 aliphatic carbocycles. The van der Waals surface area contributed by atoms with Gasteiger partial charge in [0.25, 0.3) is 0 Å². The molecule has 108 valence electrons. The Bertz CT molecular complexity index is 410. The van der Waals surface area contributed by atoms with Crippen LogP contribution in [0.1, 0.15) is 18.9 Å². The van der Waals surface area contributed by atoms with Gasteiger partial charge in [0.15, 0.2) is 0 Å². The van der Waals surface area contributed by atoms with E-state index in [4.69, 9.17) is 0 Å². The Morgan fingerprint density at radius 2 is 2.11 bits per heavy atom. The highest BCUT2D eigenvalue weighted by atomic mass is 79.9. The van der Waals surface area contributed by atoms with E-state index in [9.17, 15) is 13.2 Å². The van der Waals surface area contributed by atoms with Crippen LogP contribution in [0.15, 0.2) is 16.7 Å². The largest absolute Gasteiger partial charge is 0.405 e. The van der Waals surface area contributed by atoms with Crippen LogP contribution in [0.4, 0.5) is 19.0 Å². The predicted octanol–water partition coefficient (Wildman–Crippen LogP) is 3.34. The Kier molecular flexibility index (Phi) is 6.06. The summed E-state index contributed by atoms with van der Waals surface area (Å²) in [6.45, 7) is 2.33. The fourth-order valence-corrected chi connectivity index (χ4v) is 2.07. The van der Waals surface area contributed by atoms with Crippen molar-refractivity contribution >= 4 is 21.7 Å². The molecule has 0 unspecified atom stereocenters. The molecule has 19 heavy (non-hydrogen) atoms. The van der Waals surface area contributed by atoms with Crippen molar-refractivity contribution in [3.8, 4) is 0 Å². The van der Waals surface area contributed by atoms with Crippen LogP contribution in [0.3, 0.4) is 0 Å². The van der Waals surface area contributed by atoms with Gasteiger partial charge in [0, 0.05) is 29.8 Å². The zero-order valence-electron chi connectivity index (χ0n) is 10.9. The molecular formula is C12H17BrF3N3. The molecule has 1 rings (SSSR count). The van der Waals surface area contributed by atoms with Crippen LogP contribution in [-0.4, -0.2) is 31.3 Å². The smallest absolute Gasteiger partial charge is 0.350 e. The van der Waals surface area contributed by atoms with Gasteiger partial charge in [-0.15, -0.1) is 0 Å². The van der Waals surface area contributed by atoms with Crippen molar-refractivity contribution in [1.82, 2.24) is 10.3 Å². The first-order valence-electron chi connectivity index (χ1n) is 5.96. The summed E-state index contributed by atoms with van der Waals surface area (Å²) in [6.07, 6.45) is -1.77. The van der Waals surface area contributed by atoms with E-state index in [1.165, 1.54) is 13.2 Å². The molecule has 1 heterocycles. The zero-order chi connectivity index (χ0) is 14.5. The van der Waals surface area contributed by atoms with Gasteiger partial charge in [-0.25, -0.2) is 4.98 Å². The van der Waals surface area contributed by atoms with Gasteiger partial charge in [-0.2, -0.15) is 13.2 Å². The van der Waals surface area contributed by atoms with E-state index in [2.05, 4.69) is 26.2 Å². The van der Waals surface area contributed by atoms with Crippen molar-refractivity contribution in [1.29, 1.82) is 0 Å². The SMILES string of the molecule is CCCNCc1cc(Br)cnc1N(C)CC(F)(F)F. The molecule has 1 N–H and O–H groups in total. The summed E-state index contributed by atoms with van der Waals surface area (Å²) in [5.41, 5.74) is 0.745. The average molecular weight is 340 g/mol. The molecule has 0 saturated heterocycles. The molecule has 3 nitrogen and oxygen atoms in total. The Hall–Kier alpha value is -0.820. The Morgan fingerprint density at radius 1 is 1.42 bits per heavy atom. The van der Waals surface area contributed by atoms with E-state index in [1.807, 2.05) is 6.92 Å². The highest BCUT2D eigenvalue weighted by molar-refractivity contribution is 9.10. The van der Waals surface area contributed by atoms with Crippen molar-refractivity contribution in [2.45, 2.75) is 26.1 Å². The molecular weight excluding hydrogens is 323 g/mol. The zero-order valence-corrected chi connectivity index (χ0v) is 12.5. The Labute approximate surface area is 119 Å². The molecule has 0 saturated carbocycles.